The van der Waals surface area contributed by atoms with Gasteiger partial charge in [0.25, 0.3) is 0 Å². The molecule has 1 aromatic heterocycles. The summed E-state index contributed by atoms with van der Waals surface area (Å²) in [5.74, 6) is -0.854. The zero-order chi connectivity index (χ0) is 16.1. The zero-order valence-electron chi connectivity index (χ0n) is 11.6. The van der Waals surface area contributed by atoms with E-state index in [-0.39, 0.29) is 28.4 Å². The fourth-order valence-corrected chi connectivity index (χ4v) is 5.78. The van der Waals surface area contributed by atoms with Crippen molar-refractivity contribution in [2.24, 2.45) is 0 Å². The minimum absolute atomic E-state index is 0.0107. The van der Waals surface area contributed by atoms with Crippen LogP contribution in [0.2, 0.25) is 0 Å². The van der Waals surface area contributed by atoms with Crippen LogP contribution in [0.5, 0.6) is 0 Å². The molecule has 1 aliphatic rings. The number of rotatable bonds is 3. The van der Waals surface area contributed by atoms with E-state index in [2.05, 4.69) is 4.98 Å². The Morgan fingerprint density at radius 1 is 1.36 bits per heavy atom. The number of sulfonamides is 1. The maximum Gasteiger partial charge on any atom is 0.417 e. The Bertz CT molecular complexity index is 986. The normalized spacial score (nSPS) is 21.6. The van der Waals surface area contributed by atoms with Gasteiger partial charge in [-0.25, -0.2) is 21.6 Å². The van der Waals surface area contributed by atoms with Crippen molar-refractivity contribution >= 4 is 31.0 Å². The summed E-state index contributed by atoms with van der Waals surface area (Å²) < 4.78 is 54.1. The van der Waals surface area contributed by atoms with Gasteiger partial charge in [-0.15, -0.1) is 0 Å². The highest BCUT2D eigenvalue weighted by Crippen LogP contribution is 2.25. The summed E-state index contributed by atoms with van der Waals surface area (Å²) in [6, 6.07) is 3.46. The molecule has 0 amide bonds. The third-order valence-electron chi connectivity index (χ3n) is 3.79. The van der Waals surface area contributed by atoms with Crippen LogP contribution in [0.3, 0.4) is 0 Å². The second-order valence-electron chi connectivity index (χ2n) is 5.25. The Kier molecular flexibility index (Phi) is 3.42. The lowest BCUT2D eigenvalue weighted by atomic mass is 10.3. The second-order valence-corrected chi connectivity index (χ2v) is 9.48. The predicted molar refractivity (Wildman–Crippen MR) is 78.8 cm³/mol. The van der Waals surface area contributed by atoms with E-state index < -0.39 is 31.7 Å². The van der Waals surface area contributed by atoms with Crippen molar-refractivity contribution < 1.29 is 21.3 Å². The molecule has 0 spiro atoms. The number of fused-ring (bicyclic) bond motifs is 1. The number of hydrogen-bond acceptors (Lipinski definition) is 6. The predicted octanol–water partition coefficient (Wildman–Crippen LogP) is -0.0713. The van der Waals surface area contributed by atoms with E-state index in [4.69, 9.17) is 4.42 Å². The summed E-state index contributed by atoms with van der Waals surface area (Å²) in [6.07, 6.45) is 0.277. The molecule has 10 heteroatoms. The van der Waals surface area contributed by atoms with Gasteiger partial charge < -0.3 is 4.42 Å². The van der Waals surface area contributed by atoms with E-state index in [1.165, 1.54) is 25.2 Å². The topological polar surface area (TPSA) is 118 Å². The lowest BCUT2D eigenvalue weighted by molar-refractivity contribution is 0.394. The van der Waals surface area contributed by atoms with Crippen LogP contribution < -0.4 is 5.76 Å². The first-order valence-electron chi connectivity index (χ1n) is 6.50. The van der Waals surface area contributed by atoms with Crippen LogP contribution in [0.1, 0.15) is 6.42 Å². The first-order chi connectivity index (χ1) is 10.2. The van der Waals surface area contributed by atoms with Gasteiger partial charge in [-0.3, -0.25) is 4.98 Å². The Labute approximate surface area is 126 Å². The number of nitrogens with zero attached hydrogens (tertiary/aromatic N) is 1. The van der Waals surface area contributed by atoms with Crippen LogP contribution in [0.4, 0.5) is 0 Å². The fourth-order valence-electron chi connectivity index (χ4n) is 2.51. The number of aromatic nitrogens is 1. The monoisotopic (exact) mass is 346 g/mol. The highest BCUT2D eigenvalue weighted by molar-refractivity contribution is 7.92. The number of benzene rings is 1. The Morgan fingerprint density at radius 3 is 2.73 bits per heavy atom. The molecule has 3 rings (SSSR count). The maximum atomic E-state index is 12.6. The van der Waals surface area contributed by atoms with Gasteiger partial charge in [0, 0.05) is 19.2 Å². The molecule has 22 heavy (non-hydrogen) atoms. The van der Waals surface area contributed by atoms with Gasteiger partial charge in [-0.2, -0.15) is 4.31 Å². The third kappa shape index (κ3) is 2.57. The molecule has 0 aliphatic carbocycles. The Morgan fingerprint density at radius 2 is 2.09 bits per heavy atom. The van der Waals surface area contributed by atoms with Gasteiger partial charge in [0.1, 0.15) is 0 Å². The van der Waals surface area contributed by atoms with Crippen LogP contribution in [0.15, 0.2) is 32.3 Å². The Hall–Kier alpha value is -1.65. The molecule has 8 nitrogen and oxygen atoms in total. The van der Waals surface area contributed by atoms with Crippen LogP contribution in [0.25, 0.3) is 11.1 Å². The molecule has 1 saturated heterocycles. The van der Waals surface area contributed by atoms with Gasteiger partial charge >= 0.3 is 5.76 Å². The van der Waals surface area contributed by atoms with Crippen molar-refractivity contribution in [1.29, 1.82) is 0 Å². The molecule has 0 saturated carbocycles. The summed E-state index contributed by atoms with van der Waals surface area (Å²) in [6.45, 7) is 0. The van der Waals surface area contributed by atoms with Gasteiger partial charge in [-0.1, -0.05) is 0 Å². The van der Waals surface area contributed by atoms with E-state index in [1.807, 2.05) is 0 Å². The van der Waals surface area contributed by atoms with Crippen LogP contribution in [-0.4, -0.2) is 50.7 Å². The van der Waals surface area contributed by atoms with Crippen molar-refractivity contribution in [1.82, 2.24) is 9.29 Å². The third-order valence-corrected chi connectivity index (χ3v) is 7.45. The molecule has 1 fully saturated rings. The molecule has 1 aromatic carbocycles. The zero-order valence-corrected chi connectivity index (χ0v) is 13.3. The van der Waals surface area contributed by atoms with Gasteiger partial charge in [0.2, 0.25) is 10.0 Å². The van der Waals surface area contributed by atoms with E-state index in [0.717, 1.165) is 4.31 Å². The highest BCUT2D eigenvalue weighted by atomic mass is 32.2. The van der Waals surface area contributed by atoms with Crippen molar-refractivity contribution in [3.05, 3.63) is 28.7 Å². The average molecular weight is 346 g/mol. The molecule has 0 radical (unpaired) electrons. The van der Waals surface area contributed by atoms with E-state index >= 15 is 0 Å². The number of aromatic amines is 1. The molecule has 120 valence electrons. The minimum atomic E-state index is -3.86. The second kappa shape index (κ2) is 4.93. The van der Waals surface area contributed by atoms with Gasteiger partial charge in [-0.05, 0) is 18.6 Å². The van der Waals surface area contributed by atoms with E-state index in [9.17, 15) is 21.6 Å². The first kappa shape index (κ1) is 15.3. The lowest BCUT2D eigenvalue weighted by Gasteiger charge is -2.22. The summed E-state index contributed by atoms with van der Waals surface area (Å²) in [4.78, 5) is 13.5. The molecule has 2 heterocycles. The number of oxazole rings is 1. The van der Waals surface area contributed by atoms with Crippen molar-refractivity contribution in [3.63, 3.8) is 0 Å². The van der Waals surface area contributed by atoms with E-state index in [0.29, 0.717) is 5.52 Å². The number of sulfone groups is 1. The van der Waals surface area contributed by atoms with Crippen molar-refractivity contribution in [2.75, 3.05) is 18.6 Å². The van der Waals surface area contributed by atoms with Crippen LogP contribution >= 0.6 is 0 Å². The first-order valence-corrected chi connectivity index (χ1v) is 9.76. The summed E-state index contributed by atoms with van der Waals surface area (Å²) >= 11 is 0. The minimum Gasteiger partial charge on any atom is -0.408 e. The molecule has 2 aromatic rings. The fraction of sp³-hybridized carbons (Fsp3) is 0.417. The SMILES string of the molecule is CN(C1CCS(=O)(=O)C1)S(=O)(=O)c1ccc2[nH]c(=O)oc2c1. The molecule has 0 bridgehead atoms. The lowest BCUT2D eigenvalue weighted by Crippen LogP contribution is -2.37. The largest absolute Gasteiger partial charge is 0.417 e. The van der Waals surface area contributed by atoms with Gasteiger partial charge in [0.05, 0.1) is 21.9 Å². The molecule has 1 atom stereocenters. The molecular weight excluding hydrogens is 332 g/mol. The quantitative estimate of drug-likeness (QED) is 0.831. The van der Waals surface area contributed by atoms with Crippen LogP contribution in [0, 0.1) is 0 Å². The summed E-state index contributed by atoms with van der Waals surface area (Å²) in [7, 11) is -5.69. The number of nitrogens with one attached hydrogen (secondary N) is 1. The van der Waals surface area contributed by atoms with Crippen LogP contribution in [-0.2, 0) is 19.9 Å². The van der Waals surface area contributed by atoms with Crippen molar-refractivity contribution in [2.45, 2.75) is 17.4 Å². The standard InChI is InChI=1S/C12H14N2O6S2/c1-14(8-4-5-21(16,17)7-8)22(18,19)9-2-3-10-11(6-9)20-12(15)13-10/h2-3,6,8H,4-5,7H2,1H3,(H,13,15). The Balaban J connectivity index is 1.98. The summed E-state index contributed by atoms with van der Waals surface area (Å²) in [5, 5.41) is 0. The molecule has 1 unspecified atom stereocenters. The summed E-state index contributed by atoms with van der Waals surface area (Å²) in [5.41, 5.74) is 0.536. The smallest absolute Gasteiger partial charge is 0.408 e. The molecule has 1 N–H and O–H groups in total. The van der Waals surface area contributed by atoms with E-state index in [1.54, 1.807) is 0 Å². The van der Waals surface area contributed by atoms with Gasteiger partial charge in [0.15, 0.2) is 15.4 Å². The molecule has 1 aliphatic heterocycles. The highest BCUT2D eigenvalue weighted by Gasteiger charge is 2.36. The maximum absolute atomic E-state index is 12.6. The number of hydrogen-bond donors (Lipinski definition) is 1. The van der Waals surface area contributed by atoms with Crippen molar-refractivity contribution in [3.8, 4) is 0 Å². The molecular formula is C12H14N2O6S2. The number of H-pyrrole nitrogens is 1. The average Bonchev–Trinajstić information content (AvgIpc) is 2.98.